The summed E-state index contributed by atoms with van der Waals surface area (Å²) in [5, 5.41) is 17.3. The minimum absolute atomic E-state index is 0.0648. The Morgan fingerprint density at radius 1 is 1.06 bits per heavy atom. The molecular formula is C35H40F3N7O3. The average molecular weight is 664 g/mol. The molecular weight excluding hydrogens is 623 g/mol. The van der Waals surface area contributed by atoms with Crippen molar-refractivity contribution in [2.75, 3.05) is 23.7 Å². The van der Waals surface area contributed by atoms with Gasteiger partial charge in [-0.05, 0) is 92.3 Å². The van der Waals surface area contributed by atoms with Gasteiger partial charge >= 0.3 is 12.1 Å². The van der Waals surface area contributed by atoms with Gasteiger partial charge in [0.15, 0.2) is 0 Å². The Balaban J connectivity index is 1.33. The second-order valence-electron chi connectivity index (χ2n) is 13.0. The van der Waals surface area contributed by atoms with Crippen LogP contribution in [0.15, 0.2) is 54.7 Å². The first-order chi connectivity index (χ1) is 22.8. The number of hydrogen-bond acceptors (Lipinski definition) is 8. The van der Waals surface area contributed by atoms with E-state index in [-0.39, 0.29) is 34.5 Å². The molecule has 2 fully saturated rings. The van der Waals surface area contributed by atoms with Gasteiger partial charge in [-0.2, -0.15) is 28.2 Å². The number of rotatable bonds is 8. The Morgan fingerprint density at radius 3 is 2.40 bits per heavy atom. The summed E-state index contributed by atoms with van der Waals surface area (Å²) in [7, 11) is 0. The molecule has 254 valence electrons. The van der Waals surface area contributed by atoms with Gasteiger partial charge in [0, 0.05) is 37.0 Å². The number of piperidine rings is 1. The fourth-order valence-corrected chi connectivity index (χ4v) is 7.17. The molecule has 4 heterocycles. The number of nitrogens with two attached hydrogens (primary N) is 1. The molecule has 2 aromatic carbocycles. The zero-order valence-corrected chi connectivity index (χ0v) is 27.4. The molecule has 2 unspecified atom stereocenters. The maximum Gasteiger partial charge on any atom is 0.429 e. The molecule has 0 saturated carbocycles. The summed E-state index contributed by atoms with van der Waals surface area (Å²) < 4.78 is 52.3. The molecule has 2 saturated heterocycles. The molecule has 1 spiro atoms. The minimum Gasteiger partial charge on any atom is -0.480 e. The molecule has 13 heteroatoms. The molecule has 2 aliphatic heterocycles. The van der Waals surface area contributed by atoms with E-state index in [9.17, 15) is 9.90 Å². The van der Waals surface area contributed by atoms with Crippen LogP contribution >= 0.6 is 0 Å². The van der Waals surface area contributed by atoms with Crippen molar-refractivity contribution in [2.45, 2.75) is 77.7 Å². The molecule has 6 rings (SSSR count). The highest BCUT2D eigenvalue weighted by atomic mass is 19.4. The second-order valence-corrected chi connectivity index (χ2v) is 13.0. The predicted molar refractivity (Wildman–Crippen MR) is 176 cm³/mol. The zero-order valence-electron chi connectivity index (χ0n) is 27.4. The van der Waals surface area contributed by atoms with Gasteiger partial charge < -0.3 is 25.8 Å². The van der Waals surface area contributed by atoms with Gasteiger partial charge in [0.1, 0.15) is 11.9 Å². The van der Waals surface area contributed by atoms with Gasteiger partial charge in [0.25, 0.3) is 0 Å². The van der Waals surface area contributed by atoms with Gasteiger partial charge in [-0.15, -0.1) is 0 Å². The van der Waals surface area contributed by atoms with E-state index < -0.39 is 24.3 Å². The number of aryl methyl sites for hydroxylation is 3. The number of aliphatic carboxylic acids is 1. The maximum atomic E-state index is 15.0. The average Bonchev–Trinajstić information content (AvgIpc) is 3.64. The topological polar surface area (TPSA) is 131 Å². The molecule has 4 aromatic rings. The minimum atomic E-state index is -4.83. The van der Waals surface area contributed by atoms with Crippen LogP contribution in [-0.4, -0.2) is 62.2 Å². The first-order valence-corrected chi connectivity index (χ1v) is 16.1. The summed E-state index contributed by atoms with van der Waals surface area (Å²) >= 11 is 0. The Morgan fingerprint density at radius 2 is 1.77 bits per heavy atom. The van der Waals surface area contributed by atoms with Crippen molar-refractivity contribution >= 4 is 17.7 Å². The van der Waals surface area contributed by atoms with E-state index in [1.54, 1.807) is 31.3 Å². The summed E-state index contributed by atoms with van der Waals surface area (Å²) in [5.41, 5.74) is 10.1. The molecule has 0 radical (unpaired) electrons. The summed E-state index contributed by atoms with van der Waals surface area (Å²) in [5.74, 6) is -1.02. The highest BCUT2D eigenvalue weighted by molar-refractivity contribution is 5.74. The first kappa shape index (κ1) is 33.3. The van der Waals surface area contributed by atoms with Gasteiger partial charge in [-0.1, -0.05) is 31.2 Å². The molecule has 48 heavy (non-hydrogen) atoms. The maximum absolute atomic E-state index is 15.0. The van der Waals surface area contributed by atoms with Crippen LogP contribution in [0.3, 0.4) is 0 Å². The SMILES string of the molecule is CCC1NC(C(=O)O)CC12CCN(c1cc(O[C@H](c3cc(-c4ccc(C)c(C)c4)ccc3-n3ccc(C)n3)C(F)(F)F)nc(N)n1)CC2. The smallest absolute Gasteiger partial charge is 0.429 e. The number of carboxylic acid groups (broad SMARTS) is 1. The molecule has 4 N–H and O–H groups in total. The quantitative estimate of drug-likeness (QED) is 0.198. The fourth-order valence-electron chi connectivity index (χ4n) is 7.17. The molecule has 0 bridgehead atoms. The number of benzene rings is 2. The van der Waals surface area contributed by atoms with E-state index in [0.29, 0.717) is 49.4 Å². The van der Waals surface area contributed by atoms with Crippen LogP contribution in [0, 0.1) is 26.2 Å². The number of alkyl halides is 3. The normalized spacial score (nSPS) is 19.9. The number of hydrogen-bond donors (Lipinski definition) is 3. The standard InChI is InChI=1S/C35H40F3N7O3/c1-5-28-34(19-26(40-28)32(46)47)11-14-44(15-12-34)29-18-30(42-33(39)41-29)48-31(35(36,37)38)25-17-24(23-7-6-20(2)21(3)16-23)8-9-27(25)45-13-10-22(4)43-45/h6-10,13,16-18,26,28,31,40H,5,11-12,14-15,19H2,1-4H3,(H,46,47)(H2,39,41,42)/t26?,28?,31-/m1/s1. The first-order valence-electron chi connectivity index (χ1n) is 16.1. The van der Waals surface area contributed by atoms with Crippen LogP contribution in [0.1, 0.15) is 61.1 Å². The lowest BCUT2D eigenvalue weighted by Gasteiger charge is -2.43. The number of aromatic nitrogens is 4. The van der Waals surface area contributed by atoms with Crippen molar-refractivity contribution in [1.29, 1.82) is 0 Å². The molecule has 10 nitrogen and oxygen atoms in total. The molecule has 2 aliphatic rings. The number of nitrogens with zero attached hydrogens (tertiary/aromatic N) is 5. The Labute approximate surface area is 277 Å². The Kier molecular flexibility index (Phi) is 8.84. The Bertz CT molecular complexity index is 1820. The van der Waals surface area contributed by atoms with Crippen molar-refractivity contribution in [3.05, 3.63) is 77.1 Å². The summed E-state index contributed by atoms with van der Waals surface area (Å²) in [6.07, 6.45) is -2.90. The molecule has 0 aliphatic carbocycles. The number of carbonyl (C=O) groups is 1. The van der Waals surface area contributed by atoms with Gasteiger partial charge in [0.2, 0.25) is 17.9 Å². The fraction of sp³-hybridized carbons (Fsp3) is 0.429. The van der Waals surface area contributed by atoms with E-state index in [0.717, 1.165) is 23.1 Å². The third kappa shape index (κ3) is 6.55. The van der Waals surface area contributed by atoms with Crippen molar-refractivity contribution in [1.82, 2.24) is 25.1 Å². The highest BCUT2D eigenvalue weighted by Crippen LogP contribution is 2.46. The number of halogens is 3. The van der Waals surface area contributed by atoms with E-state index >= 15 is 13.2 Å². The number of nitrogens with one attached hydrogen (secondary N) is 1. The van der Waals surface area contributed by atoms with Crippen LogP contribution in [0.4, 0.5) is 24.9 Å². The third-order valence-electron chi connectivity index (χ3n) is 9.90. The van der Waals surface area contributed by atoms with Crippen LogP contribution in [0.2, 0.25) is 0 Å². The van der Waals surface area contributed by atoms with Crippen molar-refractivity contribution in [3.8, 4) is 22.7 Å². The summed E-state index contributed by atoms with van der Waals surface area (Å²) in [6.45, 7) is 8.81. The number of anilines is 2. The zero-order chi connectivity index (χ0) is 34.4. The molecule has 3 atom stereocenters. The second kappa shape index (κ2) is 12.8. The predicted octanol–water partition coefficient (Wildman–Crippen LogP) is 6.33. The van der Waals surface area contributed by atoms with Crippen LogP contribution in [0.25, 0.3) is 16.8 Å². The van der Waals surface area contributed by atoms with Crippen LogP contribution in [0.5, 0.6) is 5.88 Å². The number of ether oxygens (including phenoxy) is 1. The Hall–Kier alpha value is -4.65. The lowest BCUT2D eigenvalue weighted by Crippen LogP contribution is -2.46. The molecule has 2 aromatic heterocycles. The van der Waals surface area contributed by atoms with Crippen molar-refractivity contribution in [3.63, 3.8) is 0 Å². The number of nitrogen functional groups attached to an aromatic ring is 1. The lowest BCUT2D eigenvalue weighted by atomic mass is 9.71. The van der Waals surface area contributed by atoms with Crippen molar-refractivity contribution < 1.29 is 27.8 Å². The monoisotopic (exact) mass is 663 g/mol. The summed E-state index contributed by atoms with van der Waals surface area (Å²) in [6, 6.07) is 13.2. The van der Waals surface area contributed by atoms with E-state index in [2.05, 4.69) is 20.4 Å². The van der Waals surface area contributed by atoms with Gasteiger partial charge in [-0.25, -0.2) is 4.68 Å². The van der Waals surface area contributed by atoms with Crippen LogP contribution in [-0.2, 0) is 4.79 Å². The largest absolute Gasteiger partial charge is 0.480 e. The van der Waals surface area contributed by atoms with E-state index in [1.165, 1.54) is 16.8 Å². The third-order valence-corrected chi connectivity index (χ3v) is 9.90. The lowest BCUT2D eigenvalue weighted by molar-refractivity contribution is -0.198. The highest BCUT2D eigenvalue weighted by Gasteiger charge is 2.50. The number of carboxylic acids is 1. The van der Waals surface area contributed by atoms with Crippen LogP contribution < -0.4 is 20.7 Å². The molecule has 0 amide bonds. The summed E-state index contributed by atoms with van der Waals surface area (Å²) in [4.78, 5) is 22.1. The van der Waals surface area contributed by atoms with Gasteiger partial charge in [0.05, 0.1) is 11.4 Å². The van der Waals surface area contributed by atoms with Gasteiger partial charge in [-0.3, -0.25) is 4.79 Å². The van der Waals surface area contributed by atoms with E-state index in [1.807, 2.05) is 43.9 Å². The van der Waals surface area contributed by atoms with Crippen molar-refractivity contribution in [2.24, 2.45) is 5.41 Å². The van der Waals surface area contributed by atoms with E-state index in [4.69, 9.17) is 10.5 Å².